The number of nitrogens with zero attached hydrogens (tertiary/aromatic N) is 3. The average molecular weight is 437 g/mol. The maximum absolute atomic E-state index is 12.7. The lowest BCUT2D eigenvalue weighted by Crippen LogP contribution is -2.23. The molecule has 0 aliphatic rings. The van der Waals surface area contributed by atoms with Crippen LogP contribution in [0.15, 0.2) is 76.1 Å². The molecule has 0 fully saturated rings. The normalized spacial score (nSPS) is 10.8. The Morgan fingerprint density at radius 3 is 2.64 bits per heavy atom. The van der Waals surface area contributed by atoms with E-state index >= 15 is 0 Å². The molecular formula is C21H17BrN4O2. The molecule has 4 rings (SSSR count). The van der Waals surface area contributed by atoms with E-state index in [-0.39, 0.29) is 12.5 Å². The molecule has 2 heterocycles. The SMILES string of the molecule is Cc1c(C(=O)NCc2ncoc2-c2ccccc2)cnn1-c1ccc(Br)cc1. The molecule has 0 aliphatic heterocycles. The topological polar surface area (TPSA) is 73.0 Å². The number of hydrogen-bond acceptors (Lipinski definition) is 4. The van der Waals surface area contributed by atoms with Crippen molar-refractivity contribution in [3.63, 3.8) is 0 Å². The van der Waals surface area contributed by atoms with Gasteiger partial charge in [-0.15, -0.1) is 0 Å². The lowest BCUT2D eigenvalue weighted by atomic mass is 10.1. The van der Waals surface area contributed by atoms with Crippen molar-refractivity contribution in [1.29, 1.82) is 0 Å². The highest BCUT2D eigenvalue weighted by Crippen LogP contribution is 2.23. The second kappa shape index (κ2) is 7.82. The van der Waals surface area contributed by atoms with Crippen LogP contribution in [-0.4, -0.2) is 20.7 Å². The van der Waals surface area contributed by atoms with Crippen molar-refractivity contribution in [3.8, 4) is 17.0 Å². The molecule has 1 N–H and O–H groups in total. The number of amides is 1. The summed E-state index contributed by atoms with van der Waals surface area (Å²) in [6.45, 7) is 2.14. The van der Waals surface area contributed by atoms with Crippen LogP contribution < -0.4 is 5.32 Å². The van der Waals surface area contributed by atoms with Crippen molar-refractivity contribution < 1.29 is 9.21 Å². The maximum Gasteiger partial charge on any atom is 0.255 e. The zero-order valence-electron chi connectivity index (χ0n) is 15.1. The van der Waals surface area contributed by atoms with E-state index < -0.39 is 0 Å². The van der Waals surface area contributed by atoms with Gasteiger partial charge in [-0.05, 0) is 31.2 Å². The van der Waals surface area contributed by atoms with Gasteiger partial charge < -0.3 is 9.73 Å². The van der Waals surface area contributed by atoms with Gasteiger partial charge in [0, 0.05) is 10.0 Å². The minimum absolute atomic E-state index is 0.206. The van der Waals surface area contributed by atoms with E-state index in [9.17, 15) is 4.79 Å². The average Bonchev–Trinajstić information content (AvgIpc) is 3.34. The molecule has 0 aliphatic carbocycles. The smallest absolute Gasteiger partial charge is 0.255 e. The van der Waals surface area contributed by atoms with E-state index in [0.29, 0.717) is 17.0 Å². The first-order chi connectivity index (χ1) is 13.6. The van der Waals surface area contributed by atoms with E-state index in [1.54, 1.807) is 10.9 Å². The highest BCUT2D eigenvalue weighted by Gasteiger charge is 2.17. The number of halogens is 1. The molecule has 0 saturated carbocycles. The van der Waals surface area contributed by atoms with Crippen LogP contribution in [0.2, 0.25) is 0 Å². The minimum Gasteiger partial charge on any atom is -0.443 e. The Bertz CT molecular complexity index is 1100. The van der Waals surface area contributed by atoms with E-state index in [4.69, 9.17) is 4.42 Å². The number of benzene rings is 2. The molecule has 140 valence electrons. The number of carbonyl (C=O) groups excluding carboxylic acids is 1. The third-order valence-corrected chi connectivity index (χ3v) is 4.95. The van der Waals surface area contributed by atoms with Crippen LogP contribution in [0.1, 0.15) is 21.7 Å². The fourth-order valence-electron chi connectivity index (χ4n) is 2.95. The molecule has 4 aromatic rings. The second-order valence-corrected chi connectivity index (χ2v) is 7.12. The van der Waals surface area contributed by atoms with E-state index in [2.05, 4.69) is 31.3 Å². The molecule has 6 nitrogen and oxygen atoms in total. The molecular weight excluding hydrogens is 420 g/mol. The molecule has 0 spiro atoms. The van der Waals surface area contributed by atoms with Gasteiger partial charge >= 0.3 is 0 Å². The molecule has 7 heteroatoms. The third kappa shape index (κ3) is 3.61. The summed E-state index contributed by atoms with van der Waals surface area (Å²) in [5, 5.41) is 7.26. The quantitative estimate of drug-likeness (QED) is 0.498. The van der Waals surface area contributed by atoms with Crippen LogP contribution >= 0.6 is 15.9 Å². The fourth-order valence-corrected chi connectivity index (χ4v) is 3.22. The van der Waals surface area contributed by atoms with Gasteiger partial charge in [-0.2, -0.15) is 5.10 Å². The first-order valence-corrected chi connectivity index (χ1v) is 9.49. The summed E-state index contributed by atoms with van der Waals surface area (Å²) in [5.74, 6) is 0.450. The lowest BCUT2D eigenvalue weighted by Gasteiger charge is -2.07. The van der Waals surface area contributed by atoms with Gasteiger partial charge in [-0.1, -0.05) is 46.3 Å². The van der Waals surface area contributed by atoms with Crippen LogP contribution in [0.4, 0.5) is 0 Å². The van der Waals surface area contributed by atoms with Crippen molar-refractivity contribution in [3.05, 3.63) is 88.6 Å². The lowest BCUT2D eigenvalue weighted by molar-refractivity contribution is 0.0950. The monoisotopic (exact) mass is 436 g/mol. The van der Waals surface area contributed by atoms with E-state index in [1.165, 1.54) is 6.39 Å². The van der Waals surface area contributed by atoms with Gasteiger partial charge in [0.25, 0.3) is 5.91 Å². The Hall–Kier alpha value is -3.19. The Morgan fingerprint density at radius 1 is 1.14 bits per heavy atom. The van der Waals surface area contributed by atoms with Gasteiger partial charge in [0.2, 0.25) is 0 Å². The largest absolute Gasteiger partial charge is 0.443 e. The zero-order valence-corrected chi connectivity index (χ0v) is 16.7. The molecule has 0 unspecified atom stereocenters. The van der Waals surface area contributed by atoms with Crippen LogP contribution in [0.5, 0.6) is 0 Å². The highest BCUT2D eigenvalue weighted by molar-refractivity contribution is 9.10. The van der Waals surface area contributed by atoms with Crippen LogP contribution in [0.25, 0.3) is 17.0 Å². The summed E-state index contributed by atoms with van der Waals surface area (Å²) in [4.78, 5) is 16.9. The Balaban J connectivity index is 1.50. The first-order valence-electron chi connectivity index (χ1n) is 8.70. The van der Waals surface area contributed by atoms with Crippen LogP contribution in [0, 0.1) is 6.92 Å². The molecule has 0 radical (unpaired) electrons. The number of oxazole rings is 1. The van der Waals surface area contributed by atoms with Crippen molar-refractivity contribution >= 4 is 21.8 Å². The van der Waals surface area contributed by atoms with Crippen molar-refractivity contribution in [2.75, 3.05) is 0 Å². The zero-order chi connectivity index (χ0) is 19.5. The number of rotatable bonds is 5. The summed E-state index contributed by atoms with van der Waals surface area (Å²) in [5.41, 5.74) is 3.78. The molecule has 28 heavy (non-hydrogen) atoms. The Morgan fingerprint density at radius 2 is 1.89 bits per heavy atom. The summed E-state index contributed by atoms with van der Waals surface area (Å²) >= 11 is 3.42. The number of carbonyl (C=O) groups is 1. The third-order valence-electron chi connectivity index (χ3n) is 4.42. The molecule has 0 atom stereocenters. The van der Waals surface area contributed by atoms with Gasteiger partial charge in [-0.3, -0.25) is 4.79 Å². The molecule has 0 bridgehead atoms. The molecule has 2 aromatic carbocycles. The number of nitrogens with one attached hydrogen (secondary N) is 1. The van der Waals surface area contributed by atoms with Crippen molar-refractivity contribution in [1.82, 2.24) is 20.1 Å². The highest BCUT2D eigenvalue weighted by atomic mass is 79.9. The van der Waals surface area contributed by atoms with E-state index in [0.717, 1.165) is 21.4 Å². The molecule has 2 aromatic heterocycles. The summed E-state index contributed by atoms with van der Waals surface area (Å²) in [6.07, 6.45) is 2.97. The predicted molar refractivity (Wildman–Crippen MR) is 109 cm³/mol. The minimum atomic E-state index is -0.206. The standard InChI is InChI=1S/C21H17BrN4O2/c1-14-18(11-25-26(14)17-9-7-16(22)8-10-17)21(27)23-12-19-20(28-13-24-19)15-5-3-2-4-6-15/h2-11,13H,12H2,1H3,(H,23,27). The van der Waals surface area contributed by atoms with Gasteiger partial charge in [0.15, 0.2) is 12.2 Å². The van der Waals surface area contributed by atoms with Crippen LogP contribution in [-0.2, 0) is 6.54 Å². The number of aromatic nitrogens is 3. The molecule has 1 amide bonds. The summed E-state index contributed by atoms with van der Waals surface area (Å²) < 4.78 is 8.23. The first kappa shape index (κ1) is 18.2. The fraction of sp³-hybridized carbons (Fsp3) is 0.0952. The van der Waals surface area contributed by atoms with E-state index in [1.807, 2.05) is 61.5 Å². The van der Waals surface area contributed by atoms with Gasteiger partial charge in [0.05, 0.1) is 29.7 Å². The predicted octanol–water partition coefficient (Wildman–Crippen LogP) is 4.53. The number of hydrogen-bond donors (Lipinski definition) is 1. The van der Waals surface area contributed by atoms with Crippen molar-refractivity contribution in [2.24, 2.45) is 0 Å². The second-order valence-electron chi connectivity index (χ2n) is 6.21. The maximum atomic E-state index is 12.7. The van der Waals surface area contributed by atoms with Gasteiger partial charge in [-0.25, -0.2) is 9.67 Å². The summed E-state index contributed by atoms with van der Waals surface area (Å²) in [6, 6.07) is 17.4. The van der Waals surface area contributed by atoms with Crippen molar-refractivity contribution in [2.45, 2.75) is 13.5 Å². The van der Waals surface area contributed by atoms with Crippen LogP contribution in [0.3, 0.4) is 0 Å². The molecule has 0 saturated heterocycles. The van der Waals surface area contributed by atoms with Gasteiger partial charge in [0.1, 0.15) is 5.69 Å². The Labute approximate surface area is 170 Å². The Kier molecular flexibility index (Phi) is 5.08. The summed E-state index contributed by atoms with van der Waals surface area (Å²) in [7, 11) is 0.